The molecule has 0 radical (unpaired) electrons. The van der Waals surface area contributed by atoms with E-state index >= 15 is 0 Å². The maximum absolute atomic E-state index is 13.4. The molecule has 0 N–H and O–H groups in total. The molecule has 1 aliphatic heterocycles. The molecular weight excluding hydrogens is 296 g/mol. The third-order valence-electron chi connectivity index (χ3n) is 6.08. The van der Waals surface area contributed by atoms with Crippen molar-refractivity contribution < 1.29 is 4.79 Å². The molecule has 3 nitrogen and oxygen atoms in total. The minimum Gasteiger partial charge on any atom is -0.344 e. The molecule has 1 aliphatic carbocycles. The Labute approximate surface area is 144 Å². The molecule has 4 rings (SSSR count). The minimum absolute atomic E-state index is 0.159. The van der Waals surface area contributed by atoms with Gasteiger partial charge in [0.15, 0.2) is 5.78 Å². The van der Waals surface area contributed by atoms with Crippen LogP contribution in [0.25, 0.3) is 10.9 Å². The van der Waals surface area contributed by atoms with Gasteiger partial charge in [0, 0.05) is 41.2 Å². The summed E-state index contributed by atoms with van der Waals surface area (Å²) in [5, 5.41) is 1.16. The van der Waals surface area contributed by atoms with Crippen LogP contribution in [0.15, 0.2) is 24.3 Å². The van der Waals surface area contributed by atoms with Crippen LogP contribution in [-0.4, -0.2) is 34.9 Å². The summed E-state index contributed by atoms with van der Waals surface area (Å²) in [6.07, 6.45) is 4.95. The number of carbonyl (C=O) groups excluding carboxylic acids is 1. The van der Waals surface area contributed by atoms with E-state index in [9.17, 15) is 4.79 Å². The smallest absolute Gasteiger partial charge is 0.169 e. The predicted octanol–water partition coefficient (Wildman–Crippen LogP) is 4.14. The van der Waals surface area contributed by atoms with Crippen LogP contribution in [-0.2, 0) is 13.0 Å². The SMILES string of the molecule is CCn1c2c(c3ccccc31)C(=O)C(CN1CCCCC1)C(C)C2. The van der Waals surface area contributed by atoms with E-state index in [4.69, 9.17) is 0 Å². The van der Waals surface area contributed by atoms with E-state index in [-0.39, 0.29) is 5.92 Å². The Morgan fingerprint density at radius 1 is 1.12 bits per heavy atom. The number of benzene rings is 1. The summed E-state index contributed by atoms with van der Waals surface area (Å²) < 4.78 is 2.36. The van der Waals surface area contributed by atoms with E-state index in [1.54, 1.807) is 0 Å². The van der Waals surface area contributed by atoms with Crippen molar-refractivity contribution in [1.29, 1.82) is 0 Å². The number of ketones is 1. The third kappa shape index (κ3) is 2.50. The van der Waals surface area contributed by atoms with Gasteiger partial charge in [-0.1, -0.05) is 31.5 Å². The Balaban J connectivity index is 1.72. The number of carbonyl (C=O) groups is 1. The molecular formula is C21H28N2O. The van der Waals surface area contributed by atoms with Crippen LogP contribution < -0.4 is 0 Å². The van der Waals surface area contributed by atoms with Crippen LogP contribution in [0.4, 0.5) is 0 Å². The van der Waals surface area contributed by atoms with Crippen LogP contribution in [0.5, 0.6) is 0 Å². The molecule has 2 heterocycles. The highest BCUT2D eigenvalue weighted by molar-refractivity contribution is 6.11. The Hall–Kier alpha value is -1.61. The molecule has 1 aromatic heterocycles. The molecule has 0 bridgehead atoms. The number of para-hydroxylation sites is 1. The monoisotopic (exact) mass is 324 g/mol. The molecule has 2 aliphatic rings. The highest BCUT2D eigenvalue weighted by Crippen LogP contribution is 2.37. The van der Waals surface area contributed by atoms with Crippen molar-refractivity contribution in [3.8, 4) is 0 Å². The Kier molecular flexibility index (Phi) is 4.21. The fraction of sp³-hybridized carbons (Fsp3) is 0.571. The van der Waals surface area contributed by atoms with Gasteiger partial charge in [0.2, 0.25) is 0 Å². The molecule has 1 aromatic carbocycles. The largest absolute Gasteiger partial charge is 0.344 e. The summed E-state index contributed by atoms with van der Waals surface area (Å²) in [7, 11) is 0. The third-order valence-corrected chi connectivity index (χ3v) is 6.08. The van der Waals surface area contributed by atoms with E-state index in [0.717, 1.165) is 30.5 Å². The number of aromatic nitrogens is 1. The van der Waals surface area contributed by atoms with Crippen molar-refractivity contribution in [2.75, 3.05) is 19.6 Å². The van der Waals surface area contributed by atoms with Crippen LogP contribution in [0.2, 0.25) is 0 Å². The normalized spacial score (nSPS) is 25.2. The highest BCUT2D eigenvalue weighted by Gasteiger charge is 2.37. The molecule has 1 saturated heterocycles. The second kappa shape index (κ2) is 6.36. The molecule has 2 atom stereocenters. The number of hydrogen-bond donors (Lipinski definition) is 0. The standard InChI is InChI=1S/C21H28N2O/c1-3-23-18-10-6-5-9-16(18)20-19(23)13-15(2)17(21(20)24)14-22-11-7-4-8-12-22/h5-6,9-10,15,17H,3-4,7-8,11-14H2,1-2H3. The van der Waals surface area contributed by atoms with Gasteiger partial charge in [-0.15, -0.1) is 0 Å². The number of Topliss-reactive ketones (excluding diaryl/α,β-unsaturated/α-hetero) is 1. The summed E-state index contributed by atoms with van der Waals surface area (Å²) in [6, 6.07) is 8.44. The van der Waals surface area contributed by atoms with Gasteiger partial charge in [0.05, 0.1) is 0 Å². The van der Waals surface area contributed by atoms with E-state index in [1.165, 1.54) is 43.6 Å². The van der Waals surface area contributed by atoms with Crippen molar-refractivity contribution in [3.05, 3.63) is 35.5 Å². The highest BCUT2D eigenvalue weighted by atomic mass is 16.1. The first-order chi connectivity index (χ1) is 11.7. The zero-order chi connectivity index (χ0) is 16.7. The number of rotatable bonds is 3. The predicted molar refractivity (Wildman–Crippen MR) is 98.6 cm³/mol. The topological polar surface area (TPSA) is 25.2 Å². The summed E-state index contributed by atoms with van der Waals surface area (Å²) in [4.78, 5) is 15.9. The lowest BCUT2D eigenvalue weighted by molar-refractivity contribution is 0.0785. The van der Waals surface area contributed by atoms with Gasteiger partial charge in [-0.2, -0.15) is 0 Å². The van der Waals surface area contributed by atoms with Gasteiger partial charge < -0.3 is 9.47 Å². The summed E-state index contributed by atoms with van der Waals surface area (Å²) >= 11 is 0. The molecule has 128 valence electrons. The van der Waals surface area contributed by atoms with Gasteiger partial charge >= 0.3 is 0 Å². The molecule has 2 unspecified atom stereocenters. The van der Waals surface area contributed by atoms with Gasteiger partial charge in [-0.3, -0.25) is 4.79 Å². The Morgan fingerprint density at radius 2 is 1.88 bits per heavy atom. The number of aryl methyl sites for hydroxylation is 1. The average molecular weight is 324 g/mol. The van der Waals surface area contributed by atoms with E-state index in [1.807, 2.05) is 0 Å². The molecule has 0 spiro atoms. The van der Waals surface area contributed by atoms with Crippen molar-refractivity contribution in [2.45, 2.75) is 46.1 Å². The second-order valence-electron chi connectivity index (χ2n) is 7.60. The summed E-state index contributed by atoms with van der Waals surface area (Å²) in [6.45, 7) is 8.67. The van der Waals surface area contributed by atoms with E-state index in [2.05, 4.69) is 47.6 Å². The molecule has 2 aromatic rings. The second-order valence-corrected chi connectivity index (χ2v) is 7.60. The van der Waals surface area contributed by atoms with E-state index < -0.39 is 0 Å². The fourth-order valence-electron chi connectivity index (χ4n) is 4.78. The lowest BCUT2D eigenvalue weighted by Gasteiger charge is -2.35. The van der Waals surface area contributed by atoms with Gasteiger partial charge in [0.25, 0.3) is 0 Å². The first-order valence-corrected chi connectivity index (χ1v) is 9.57. The molecule has 0 saturated carbocycles. The van der Waals surface area contributed by atoms with Gasteiger partial charge in [-0.25, -0.2) is 0 Å². The number of nitrogens with zero attached hydrogens (tertiary/aromatic N) is 2. The maximum atomic E-state index is 13.4. The molecule has 3 heteroatoms. The summed E-state index contributed by atoms with van der Waals surface area (Å²) in [5.74, 6) is 0.978. The lowest BCUT2D eigenvalue weighted by atomic mass is 9.77. The Bertz CT molecular complexity index is 755. The maximum Gasteiger partial charge on any atom is 0.169 e. The minimum atomic E-state index is 0.159. The van der Waals surface area contributed by atoms with Crippen molar-refractivity contribution in [2.24, 2.45) is 11.8 Å². The van der Waals surface area contributed by atoms with Gasteiger partial charge in [0.1, 0.15) is 0 Å². The van der Waals surface area contributed by atoms with E-state index in [0.29, 0.717) is 11.7 Å². The molecule has 0 amide bonds. The van der Waals surface area contributed by atoms with Crippen molar-refractivity contribution in [1.82, 2.24) is 9.47 Å². The number of hydrogen-bond acceptors (Lipinski definition) is 2. The number of fused-ring (bicyclic) bond motifs is 3. The van der Waals surface area contributed by atoms with Crippen LogP contribution in [0.1, 0.15) is 49.2 Å². The lowest BCUT2D eigenvalue weighted by Crippen LogP contribution is -2.42. The zero-order valence-electron chi connectivity index (χ0n) is 14.9. The summed E-state index contributed by atoms with van der Waals surface area (Å²) in [5.41, 5.74) is 3.52. The van der Waals surface area contributed by atoms with Crippen LogP contribution in [0.3, 0.4) is 0 Å². The Morgan fingerprint density at radius 3 is 2.62 bits per heavy atom. The van der Waals surface area contributed by atoms with Crippen LogP contribution >= 0.6 is 0 Å². The first-order valence-electron chi connectivity index (χ1n) is 9.57. The zero-order valence-corrected chi connectivity index (χ0v) is 14.9. The number of piperidine rings is 1. The molecule has 24 heavy (non-hydrogen) atoms. The fourth-order valence-corrected chi connectivity index (χ4v) is 4.78. The first kappa shape index (κ1) is 15.9. The quantitative estimate of drug-likeness (QED) is 0.848. The average Bonchev–Trinajstić information content (AvgIpc) is 2.92. The van der Waals surface area contributed by atoms with Gasteiger partial charge in [-0.05, 0) is 51.3 Å². The molecule has 1 fully saturated rings. The van der Waals surface area contributed by atoms with Crippen LogP contribution in [0, 0.1) is 11.8 Å². The van der Waals surface area contributed by atoms with Crippen molar-refractivity contribution in [3.63, 3.8) is 0 Å². The van der Waals surface area contributed by atoms with Crippen molar-refractivity contribution >= 4 is 16.7 Å². The number of likely N-dealkylation sites (tertiary alicyclic amines) is 1.